The van der Waals surface area contributed by atoms with Crippen LogP contribution in [-0.4, -0.2) is 34.2 Å². The summed E-state index contributed by atoms with van der Waals surface area (Å²) in [6, 6.07) is 16.5. The van der Waals surface area contributed by atoms with Crippen molar-refractivity contribution in [1.82, 2.24) is 0 Å². The van der Waals surface area contributed by atoms with Gasteiger partial charge >= 0.3 is 0 Å². The minimum Gasteiger partial charge on any atom is -0.365 e. The Balaban J connectivity index is 1.93. The van der Waals surface area contributed by atoms with E-state index in [0.29, 0.717) is 11.3 Å². The summed E-state index contributed by atoms with van der Waals surface area (Å²) in [5, 5.41) is 2.80. The summed E-state index contributed by atoms with van der Waals surface area (Å²) >= 11 is 0. The van der Waals surface area contributed by atoms with Crippen LogP contribution in [0, 0.1) is 0 Å². The molecule has 0 heterocycles. The molecule has 0 saturated carbocycles. The fourth-order valence-corrected chi connectivity index (χ4v) is 2.97. The molecule has 0 radical (unpaired) electrons. The third-order valence-electron chi connectivity index (χ3n) is 3.24. The highest BCUT2D eigenvalue weighted by Gasteiger charge is 2.08. The Morgan fingerprint density at radius 2 is 1.65 bits per heavy atom. The molecule has 122 valence electrons. The first-order chi connectivity index (χ1) is 10.8. The molecule has 0 atom stereocenters. The van der Waals surface area contributed by atoms with Gasteiger partial charge in [0.1, 0.15) is 0 Å². The molecule has 2 aromatic rings. The molecule has 0 saturated heterocycles. The maximum Gasteiger partial charge on any atom is 0.243 e. The summed E-state index contributed by atoms with van der Waals surface area (Å²) in [5.41, 5.74) is 2.31. The second kappa shape index (κ2) is 7.28. The Morgan fingerprint density at radius 1 is 1.04 bits per heavy atom. The van der Waals surface area contributed by atoms with Crippen LogP contribution in [0.2, 0.25) is 0 Å². The zero-order valence-corrected chi connectivity index (χ0v) is 14.0. The van der Waals surface area contributed by atoms with E-state index in [0.717, 1.165) is 5.69 Å². The standard InChI is InChI=1S/C17H20N2O3S/c1-19(16-6-4-3-5-7-16)12-17(20)18-15-10-8-14(9-11-15)13-23(2,21)22/h3-11H,12-13H2,1-2H3,(H,18,20). The van der Waals surface area contributed by atoms with E-state index in [2.05, 4.69) is 5.32 Å². The second-order valence-corrected chi connectivity index (χ2v) is 7.65. The maximum absolute atomic E-state index is 12.1. The highest BCUT2D eigenvalue weighted by atomic mass is 32.2. The number of likely N-dealkylation sites (N-methyl/N-ethyl adjacent to an activating group) is 1. The molecule has 1 N–H and O–H groups in total. The first-order valence-electron chi connectivity index (χ1n) is 7.16. The number of nitrogens with one attached hydrogen (secondary N) is 1. The lowest BCUT2D eigenvalue weighted by molar-refractivity contribution is -0.114. The van der Waals surface area contributed by atoms with Crippen molar-refractivity contribution in [2.75, 3.05) is 30.1 Å². The average molecular weight is 332 g/mol. The molecule has 0 aliphatic heterocycles. The predicted molar refractivity (Wildman–Crippen MR) is 93.3 cm³/mol. The lowest BCUT2D eigenvalue weighted by atomic mass is 10.2. The van der Waals surface area contributed by atoms with E-state index in [4.69, 9.17) is 0 Å². The number of nitrogens with zero attached hydrogens (tertiary/aromatic N) is 1. The van der Waals surface area contributed by atoms with Gasteiger partial charge in [-0.2, -0.15) is 0 Å². The smallest absolute Gasteiger partial charge is 0.243 e. The molecule has 0 spiro atoms. The van der Waals surface area contributed by atoms with E-state index in [-0.39, 0.29) is 18.2 Å². The van der Waals surface area contributed by atoms with E-state index < -0.39 is 9.84 Å². The second-order valence-electron chi connectivity index (χ2n) is 5.51. The summed E-state index contributed by atoms with van der Waals surface area (Å²) in [6.07, 6.45) is 1.20. The molecule has 1 amide bonds. The van der Waals surface area contributed by atoms with Gasteiger partial charge in [-0.05, 0) is 29.8 Å². The van der Waals surface area contributed by atoms with Gasteiger partial charge in [0.2, 0.25) is 5.91 Å². The minimum absolute atomic E-state index is 0.00201. The molecule has 0 aliphatic rings. The number of carbonyl (C=O) groups is 1. The van der Waals surface area contributed by atoms with Crippen LogP contribution in [0.15, 0.2) is 54.6 Å². The van der Waals surface area contributed by atoms with Crippen molar-refractivity contribution in [1.29, 1.82) is 0 Å². The first-order valence-corrected chi connectivity index (χ1v) is 9.22. The van der Waals surface area contributed by atoms with Crippen LogP contribution in [-0.2, 0) is 20.4 Å². The third kappa shape index (κ3) is 5.75. The van der Waals surface area contributed by atoms with E-state index in [9.17, 15) is 13.2 Å². The predicted octanol–water partition coefficient (Wildman–Crippen LogP) is 2.31. The van der Waals surface area contributed by atoms with Gasteiger partial charge in [0, 0.05) is 24.7 Å². The van der Waals surface area contributed by atoms with Crippen molar-refractivity contribution in [2.24, 2.45) is 0 Å². The van der Waals surface area contributed by atoms with E-state index in [1.807, 2.05) is 42.3 Å². The van der Waals surface area contributed by atoms with Crippen molar-refractivity contribution in [3.8, 4) is 0 Å². The van der Waals surface area contributed by atoms with Crippen molar-refractivity contribution in [3.05, 3.63) is 60.2 Å². The number of sulfone groups is 1. The van der Waals surface area contributed by atoms with E-state index >= 15 is 0 Å². The van der Waals surface area contributed by atoms with Crippen LogP contribution in [0.5, 0.6) is 0 Å². The Kier molecular flexibility index (Phi) is 5.39. The van der Waals surface area contributed by atoms with E-state index in [1.54, 1.807) is 24.3 Å². The molecule has 2 rings (SSSR count). The number of rotatable bonds is 6. The summed E-state index contributed by atoms with van der Waals surface area (Å²) in [5.74, 6) is -0.134. The van der Waals surface area contributed by atoms with Crippen molar-refractivity contribution in [3.63, 3.8) is 0 Å². The molecular weight excluding hydrogens is 312 g/mol. The Hall–Kier alpha value is -2.34. The monoisotopic (exact) mass is 332 g/mol. The number of hydrogen-bond acceptors (Lipinski definition) is 4. The molecule has 6 heteroatoms. The fraction of sp³-hybridized carbons (Fsp3) is 0.235. The van der Waals surface area contributed by atoms with Gasteiger partial charge in [0.25, 0.3) is 0 Å². The zero-order chi connectivity index (χ0) is 16.9. The minimum atomic E-state index is -3.05. The number of para-hydroxylation sites is 1. The SMILES string of the molecule is CN(CC(=O)Nc1ccc(CS(C)(=O)=O)cc1)c1ccccc1. The summed E-state index contributed by atoms with van der Waals surface area (Å²) in [6.45, 7) is 0.231. The Labute approximate surface area is 136 Å². The molecule has 0 aromatic heterocycles. The van der Waals surface area contributed by atoms with Gasteiger partial charge in [-0.15, -0.1) is 0 Å². The highest BCUT2D eigenvalue weighted by molar-refractivity contribution is 7.89. The number of anilines is 2. The zero-order valence-electron chi connectivity index (χ0n) is 13.2. The van der Waals surface area contributed by atoms with Gasteiger partial charge in [-0.3, -0.25) is 4.79 Å². The van der Waals surface area contributed by atoms with Crippen LogP contribution in [0.3, 0.4) is 0 Å². The quantitative estimate of drug-likeness (QED) is 0.881. The van der Waals surface area contributed by atoms with E-state index in [1.165, 1.54) is 6.26 Å². The molecule has 0 fully saturated rings. The summed E-state index contributed by atoms with van der Waals surface area (Å²) in [7, 11) is -1.20. The summed E-state index contributed by atoms with van der Waals surface area (Å²) < 4.78 is 22.5. The Bertz CT molecular complexity index is 756. The van der Waals surface area contributed by atoms with Crippen molar-refractivity contribution in [2.45, 2.75) is 5.75 Å². The number of benzene rings is 2. The molecule has 0 unspecified atom stereocenters. The van der Waals surface area contributed by atoms with Gasteiger partial charge in [0.15, 0.2) is 9.84 Å². The molecular formula is C17H20N2O3S. The third-order valence-corrected chi connectivity index (χ3v) is 4.10. The largest absolute Gasteiger partial charge is 0.365 e. The highest BCUT2D eigenvalue weighted by Crippen LogP contribution is 2.13. The van der Waals surface area contributed by atoms with Gasteiger partial charge < -0.3 is 10.2 Å². The van der Waals surface area contributed by atoms with Gasteiger partial charge in [-0.1, -0.05) is 30.3 Å². The van der Waals surface area contributed by atoms with Gasteiger partial charge in [0.05, 0.1) is 12.3 Å². The molecule has 2 aromatic carbocycles. The Morgan fingerprint density at radius 3 is 2.22 bits per heavy atom. The average Bonchev–Trinajstić information content (AvgIpc) is 2.48. The number of hydrogen-bond donors (Lipinski definition) is 1. The van der Waals surface area contributed by atoms with Crippen LogP contribution in [0.1, 0.15) is 5.56 Å². The topological polar surface area (TPSA) is 66.5 Å². The van der Waals surface area contributed by atoms with Crippen LogP contribution < -0.4 is 10.2 Å². The van der Waals surface area contributed by atoms with Crippen LogP contribution in [0.4, 0.5) is 11.4 Å². The maximum atomic E-state index is 12.1. The molecule has 23 heavy (non-hydrogen) atoms. The van der Waals surface area contributed by atoms with Gasteiger partial charge in [-0.25, -0.2) is 8.42 Å². The summed E-state index contributed by atoms with van der Waals surface area (Å²) in [4.78, 5) is 13.9. The molecule has 5 nitrogen and oxygen atoms in total. The normalized spacial score (nSPS) is 11.0. The number of amides is 1. The fourth-order valence-electron chi connectivity index (χ4n) is 2.18. The van der Waals surface area contributed by atoms with Crippen LogP contribution in [0.25, 0.3) is 0 Å². The lowest BCUT2D eigenvalue weighted by Crippen LogP contribution is -2.29. The lowest BCUT2D eigenvalue weighted by Gasteiger charge is -2.18. The molecule has 0 aliphatic carbocycles. The number of carbonyl (C=O) groups excluding carboxylic acids is 1. The van der Waals surface area contributed by atoms with Crippen molar-refractivity contribution < 1.29 is 13.2 Å². The van der Waals surface area contributed by atoms with Crippen molar-refractivity contribution >= 4 is 27.1 Å². The first kappa shape index (κ1) is 17.0. The van der Waals surface area contributed by atoms with Crippen LogP contribution >= 0.6 is 0 Å². The molecule has 0 bridgehead atoms.